The highest BCUT2D eigenvalue weighted by Gasteiger charge is 2.19. The van der Waals surface area contributed by atoms with Crippen LogP contribution >= 0.6 is 23.8 Å². The van der Waals surface area contributed by atoms with Crippen LogP contribution in [0.4, 0.5) is 5.82 Å². The van der Waals surface area contributed by atoms with E-state index in [1.807, 2.05) is 6.07 Å². The summed E-state index contributed by atoms with van der Waals surface area (Å²) in [6.07, 6.45) is 0. The Bertz CT molecular complexity index is 790. The van der Waals surface area contributed by atoms with E-state index in [2.05, 4.69) is 4.98 Å². The van der Waals surface area contributed by atoms with E-state index in [0.29, 0.717) is 16.1 Å². The number of H-pyrrole nitrogens is 1. The summed E-state index contributed by atoms with van der Waals surface area (Å²) in [4.78, 5) is 14.2. The second kappa shape index (κ2) is 5.33. The molecule has 1 amide bonds. The minimum atomic E-state index is -0.729. The molecule has 1 aromatic carbocycles. The zero-order chi connectivity index (χ0) is 14.9. The Morgan fingerprint density at radius 1 is 1.35 bits per heavy atom. The monoisotopic (exact) mass is 304 g/mol. The number of aromatic nitrogens is 1. The van der Waals surface area contributed by atoms with E-state index in [1.54, 1.807) is 24.3 Å². The maximum absolute atomic E-state index is 11.6. The molecule has 0 spiro atoms. The Labute approximate surface area is 124 Å². The first-order valence-corrected chi connectivity index (χ1v) is 6.26. The maximum atomic E-state index is 11.6. The van der Waals surface area contributed by atoms with Gasteiger partial charge >= 0.3 is 0 Å². The van der Waals surface area contributed by atoms with Crippen molar-refractivity contribution in [3.05, 3.63) is 45.1 Å². The Balaban J connectivity index is 2.92. The first-order valence-electron chi connectivity index (χ1n) is 5.47. The number of hydrogen-bond donors (Lipinski definition) is 3. The maximum Gasteiger partial charge on any atom is 0.252 e. The topological polar surface area (TPSA) is 109 Å². The third-order valence-corrected chi connectivity index (χ3v) is 3.29. The first-order chi connectivity index (χ1) is 9.45. The summed E-state index contributed by atoms with van der Waals surface area (Å²) >= 11 is 10.9. The molecule has 1 heterocycles. The summed E-state index contributed by atoms with van der Waals surface area (Å²) in [6.45, 7) is 0. The number of primary amides is 1. The fraction of sp³-hybridized carbons (Fsp3) is 0. The van der Waals surface area contributed by atoms with Crippen LogP contribution in [0.15, 0.2) is 24.3 Å². The molecule has 5 N–H and O–H groups in total. The molecule has 0 radical (unpaired) electrons. The lowest BCUT2D eigenvalue weighted by molar-refractivity contribution is 0.1000. The number of nitrogens with two attached hydrogens (primary N) is 2. The van der Waals surface area contributed by atoms with Crippen LogP contribution in [0.5, 0.6) is 0 Å². The van der Waals surface area contributed by atoms with Crippen molar-refractivity contribution in [2.45, 2.75) is 0 Å². The Morgan fingerprint density at radius 3 is 2.45 bits per heavy atom. The molecule has 0 aliphatic carbocycles. The molecule has 0 fully saturated rings. The molecule has 1 aromatic heterocycles. The Kier molecular flexibility index (Phi) is 3.74. The van der Waals surface area contributed by atoms with Gasteiger partial charge in [-0.2, -0.15) is 5.26 Å². The lowest BCUT2D eigenvalue weighted by Gasteiger charge is -2.11. The van der Waals surface area contributed by atoms with Crippen molar-refractivity contribution >= 4 is 35.5 Å². The number of benzene rings is 1. The average Bonchev–Trinajstić information content (AvgIpc) is 2.38. The van der Waals surface area contributed by atoms with E-state index in [9.17, 15) is 10.1 Å². The molecule has 5 nitrogen and oxygen atoms in total. The number of hydrogen-bond acceptors (Lipinski definition) is 4. The summed E-state index contributed by atoms with van der Waals surface area (Å²) in [7, 11) is 0. The van der Waals surface area contributed by atoms with Crippen molar-refractivity contribution in [2.75, 3.05) is 5.73 Å². The van der Waals surface area contributed by atoms with Gasteiger partial charge in [-0.15, -0.1) is 0 Å². The van der Waals surface area contributed by atoms with Crippen LogP contribution in [0.3, 0.4) is 0 Å². The minimum absolute atomic E-state index is 0.0630. The van der Waals surface area contributed by atoms with Gasteiger partial charge in [0.05, 0.1) is 5.56 Å². The number of amides is 1. The van der Waals surface area contributed by atoms with Crippen molar-refractivity contribution in [3.8, 4) is 17.2 Å². The third-order valence-electron chi connectivity index (χ3n) is 2.74. The van der Waals surface area contributed by atoms with Gasteiger partial charge in [0.2, 0.25) is 0 Å². The van der Waals surface area contributed by atoms with Crippen LogP contribution in [0.1, 0.15) is 15.9 Å². The molecule has 0 saturated carbocycles. The van der Waals surface area contributed by atoms with Crippen LogP contribution in [-0.2, 0) is 0 Å². The normalized spacial score (nSPS) is 10.0. The van der Waals surface area contributed by atoms with Gasteiger partial charge in [0.25, 0.3) is 5.91 Å². The second-order valence-electron chi connectivity index (χ2n) is 3.98. The molecule has 0 atom stereocenters. The zero-order valence-corrected chi connectivity index (χ0v) is 11.7. The zero-order valence-electron chi connectivity index (χ0n) is 10.1. The highest BCUT2D eigenvalue weighted by molar-refractivity contribution is 7.71. The smallest absolute Gasteiger partial charge is 0.252 e. The summed E-state index contributed by atoms with van der Waals surface area (Å²) in [5, 5.41) is 9.78. The number of anilines is 1. The SMILES string of the molecule is N#Cc1c(N)[nH]c(=S)c(C(N)=O)c1-c1ccc(Cl)cc1. The second-order valence-corrected chi connectivity index (χ2v) is 4.82. The van der Waals surface area contributed by atoms with Gasteiger partial charge in [0.1, 0.15) is 22.1 Å². The van der Waals surface area contributed by atoms with E-state index < -0.39 is 5.91 Å². The summed E-state index contributed by atoms with van der Waals surface area (Å²) in [5.41, 5.74) is 12.2. The van der Waals surface area contributed by atoms with Crippen molar-refractivity contribution in [1.82, 2.24) is 4.98 Å². The van der Waals surface area contributed by atoms with Gasteiger partial charge in [-0.3, -0.25) is 4.79 Å². The van der Waals surface area contributed by atoms with Crippen molar-refractivity contribution in [3.63, 3.8) is 0 Å². The van der Waals surface area contributed by atoms with Crippen LogP contribution in [-0.4, -0.2) is 10.9 Å². The highest BCUT2D eigenvalue weighted by atomic mass is 35.5. The molecule has 2 rings (SSSR count). The molecule has 0 unspecified atom stereocenters. The molecule has 0 bridgehead atoms. The standard InChI is InChI=1S/C13H9ClN4OS/c14-7-3-1-6(2-4-7)9-8(5-15)11(16)18-13(20)10(9)12(17)19/h1-4H,(H2,17,19)(H3,16,18,20). The van der Waals surface area contributed by atoms with Gasteiger partial charge in [-0.05, 0) is 17.7 Å². The predicted octanol–water partition coefficient (Wildman–Crippen LogP) is 2.62. The first kappa shape index (κ1) is 14.1. The molecule has 0 aliphatic rings. The molecular weight excluding hydrogens is 296 g/mol. The van der Waals surface area contributed by atoms with Crippen molar-refractivity contribution in [1.29, 1.82) is 5.26 Å². The van der Waals surface area contributed by atoms with Gasteiger partial charge in [-0.1, -0.05) is 36.0 Å². The van der Waals surface area contributed by atoms with E-state index in [0.717, 1.165) is 0 Å². The van der Waals surface area contributed by atoms with Gasteiger partial charge in [0.15, 0.2) is 0 Å². The molecule has 100 valence electrons. The fourth-order valence-electron chi connectivity index (χ4n) is 1.88. The van der Waals surface area contributed by atoms with E-state index >= 15 is 0 Å². The van der Waals surface area contributed by atoms with Crippen LogP contribution in [0, 0.1) is 16.0 Å². The van der Waals surface area contributed by atoms with Gasteiger partial charge in [0, 0.05) is 10.6 Å². The molecular formula is C13H9ClN4OS. The number of nitrogen functional groups attached to an aromatic ring is 1. The minimum Gasteiger partial charge on any atom is -0.384 e. The van der Waals surface area contributed by atoms with Crippen LogP contribution in [0.2, 0.25) is 5.02 Å². The van der Waals surface area contributed by atoms with E-state index in [1.165, 1.54) is 0 Å². The number of halogens is 1. The molecule has 0 saturated heterocycles. The molecule has 0 aliphatic heterocycles. The number of nitrogens with one attached hydrogen (secondary N) is 1. The van der Waals surface area contributed by atoms with E-state index in [-0.39, 0.29) is 21.6 Å². The van der Waals surface area contributed by atoms with Gasteiger partial charge < -0.3 is 16.5 Å². The Morgan fingerprint density at radius 2 is 1.95 bits per heavy atom. The molecule has 7 heteroatoms. The number of nitrogens with zero attached hydrogens (tertiary/aromatic N) is 1. The van der Waals surface area contributed by atoms with Crippen LogP contribution in [0.25, 0.3) is 11.1 Å². The summed E-state index contributed by atoms with van der Waals surface area (Å²) < 4.78 is 0.0962. The predicted molar refractivity (Wildman–Crippen MR) is 79.7 cm³/mol. The van der Waals surface area contributed by atoms with E-state index in [4.69, 9.17) is 35.3 Å². The van der Waals surface area contributed by atoms with Gasteiger partial charge in [-0.25, -0.2) is 0 Å². The quantitative estimate of drug-likeness (QED) is 0.741. The van der Waals surface area contributed by atoms with Crippen LogP contribution < -0.4 is 11.5 Å². The number of aromatic amines is 1. The average molecular weight is 305 g/mol. The number of rotatable bonds is 2. The van der Waals surface area contributed by atoms with Crippen molar-refractivity contribution in [2.24, 2.45) is 5.73 Å². The highest BCUT2D eigenvalue weighted by Crippen LogP contribution is 2.31. The summed E-state index contributed by atoms with van der Waals surface area (Å²) in [6, 6.07) is 8.56. The number of pyridine rings is 1. The third kappa shape index (κ3) is 2.37. The Hall–Kier alpha value is -2.36. The molecule has 20 heavy (non-hydrogen) atoms. The lowest BCUT2D eigenvalue weighted by atomic mass is 9.96. The number of carbonyl (C=O) groups excluding carboxylic acids is 1. The number of nitriles is 1. The molecule has 2 aromatic rings. The van der Waals surface area contributed by atoms with Crippen molar-refractivity contribution < 1.29 is 4.79 Å². The lowest BCUT2D eigenvalue weighted by Crippen LogP contribution is -2.16. The summed E-state index contributed by atoms with van der Waals surface area (Å²) in [5.74, 6) is -0.639. The number of carbonyl (C=O) groups is 1. The largest absolute Gasteiger partial charge is 0.384 e. The fourth-order valence-corrected chi connectivity index (χ4v) is 2.32.